The van der Waals surface area contributed by atoms with Crippen molar-refractivity contribution in [2.45, 2.75) is 45.7 Å². The second-order valence-corrected chi connectivity index (χ2v) is 3.89. The van der Waals surface area contributed by atoms with Crippen LogP contribution in [0, 0.1) is 0 Å². The number of hydrogen-bond acceptors (Lipinski definition) is 2. The fraction of sp³-hybridized carbons (Fsp3) is 0.727. The molecule has 0 spiro atoms. The molecule has 15 heavy (non-hydrogen) atoms. The Morgan fingerprint density at radius 1 is 1.33 bits per heavy atom. The van der Waals surface area contributed by atoms with Crippen LogP contribution in [0.1, 0.15) is 33.6 Å². The number of amides is 2. The fourth-order valence-electron chi connectivity index (χ4n) is 1.26. The van der Waals surface area contributed by atoms with Crippen LogP contribution in [0.15, 0.2) is 12.3 Å². The van der Waals surface area contributed by atoms with Gasteiger partial charge in [-0.05, 0) is 20.3 Å². The zero-order valence-corrected chi connectivity index (χ0v) is 10.2. The van der Waals surface area contributed by atoms with Crippen molar-refractivity contribution in [1.82, 2.24) is 16.0 Å². The molecule has 0 rings (SSSR count). The van der Waals surface area contributed by atoms with E-state index in [4.69, 9.17) is 0 Å². The van der Waals surface area contributed by atoms with E-state index in [2.05, 4.69) is 29.5 Å². The molecule has 4 heteroatoms. The topological polar surface area (TPSA) is 53.2 Å². The second-order valence-electron chi connectivity index (χ2n) is 3.89. The molecule has 2 amide bonds. The molecule has 0 aromatic carbocycles. The third kappa shape index (κ3) is 5.99. The van der Waals surface area contributed by atoms with E-state index in [1.807, 2.05) is 20.9 Å². The third-order valence-electron chi connectivity index (χ3n) is 2.04. The number of carbonyl (C=O) groups is 1. The van der Waals surface area contributed by atoms with Crippen molar-refractivity contribution >= 4 is 6.03 Å². The number of carbonyl (C=O) groups excluding carboxylic acids is 1. The Morgan fingerprint density at radius 3 is 2.33 bits per heavy atom. The molecule has 0 radical (unpaired) electrons. The molecule has 1 atom stereocenters. The summed E-state index contributed by atoms with van der Waals surface area (Å²) in [4.78, 5) is 11.5. The van der Waals surface area contributed by atoms with Crippen molar-refractivity contribution in [1.29, 1.82) is 0 Å². The molecular weight excluding hydrogens is 190 g/mol. The van der Waals surface area contributed by atoms with Gasteiger partial charge in [0.2, 0.25) is 0 Å². The van der Waals surface area contributed by atoms with Crippen LogP contribution >= 0.6 is 0 Å². The minimum Gasteiger partial charge on any atom is -0.390 e. The van der Waals surface area contributed by atoms with E-state index in [-0.39, 0.29) is 18.1 Å². The Hall–Kier alpha value is -1.19. The van der Waals surface area contributed by atoms with Gasteiger partial charge < -0.3 is 16.0 Å². The van der Waals surface area contributed by atoms with Crippen molar-refractivity contribution in [3.05, 3.63) is 12.3 Å². The van der Waals surface area contributed by atoms with Crippen LogP contribution in [0.4, 0.5) is 4.79 Å². The van der Waals surface area contributed by atoms with Crippen molar-refractivity contribution in [2.75, 3.05) is 7.05 Å². The maximum Gasteiger partial charge on any atom is 0.315 e. The summed E-state index contributed by atoms with van der Waals surface area (Å²) in [6, 6.07) is 0.00808. The summed E-state index contributed by atoms with van der Waals surface area (Å²) in [6.45, 7) is 9.82. The average Bonchev–Trinajstić information content (AvgIpc) is 2.14. The first-order valence-corrected chi connectivity index (χ1v) is 5.44. The molecule has 0 saturated carbocycles. The van der Waals surface area contributed by atoms with Gasteiger partial charge in [0.15, 0.2) is 0 Å². The summed E-state index contributed by atoms with van der Waals surface area (Å²) >= 11 is 0. The van der Waals surface area contributed by atoms with Gasteiger partial charge in [-0.1, -0.05) is 19.9 Å². The highest BCUT2D eigenvalue weighted by molar-refractivity contribution is 5.74. The van der Waals surface area contributed by atoms with Gasteiger partial charge in [0.05, 0.1) is 6.04 Å². The van der Waals surface area contributed by atoms with Crippen LogP contribution in [-0.4, -0.2) is 25.2 Å². The van der Waals surface area contributed by atoms with E-state index >= 15 is 0 Å². The van der Waals surface area contributed by atoms with E-state index in [9.17, 15) is 4.79 Å². The van der Waals surface area contributed by atoms with Crippen molar-refractivity contribution in [3.8, 4) is 0 Å². The van der Waals surface area contributed by atoms with E-state index in [1.54, 1.807) is 0 Å². The van der Waals surface area contributed by atoms with Gasteiger partial charge in [-0.3, -0.25) is 0 Å². The Bertz CT molecular complexity index is 214. The first kappa shape index (κ1) is 13.8. The van der Waals surface area contributed by atoms with Gasteiger partial charge >= 0.3 is 6.03 Å². The monoisotopic (exact) mass is 213 g/mol. The lowest BCUT2D eigenvalue weighted by atomic mass is 10.1. The molecule has 0 aliphatic carbocycles. The molecule has 4 nitrogen and oxygen atoms in total. The molecule has 0 saturated heterocycles. The summed E-state index contributed by atoms with van der Waals surface area (Å²) in [5.74, 6) is 0. The molecule has 0 aliphatic rings. The smallest absolute Gasteiger partial charge is 0.315 e. The molecule has 0 bridgehead atoms. The van der Waals surface area contributed by atoms with Crippen molar-refractivity contribution in [3.63, 3.8) is 0 Å². The average molecular weight is 213 g/mol. The minimum atomic E-state index is -0.139. The molecule has 88 valence electrons. The number of likely N-dealkylation sites (N-methyl/N-ethyl adjacent to an activating group) is 1. The van der Waals surface area contributed by atoms with E-state index < -0.39 is 0 Å². The van der Waals surface area contributed by atoms with Gasteiger partial charge in [-0.25, -0.2) is 4.79 Å². The van der Waals surface area contributed by atoms with Crippen molar-refractivity contribution in [2.24, 2.45) is 0 Å². The lowest BCUT2D eigenvalue weighted by molar-refractivity contribution is 0.235. The predicted octanol–water partition coefficient (Wildman–Crippen LogP) is 1.60. The molecule has 0 unspecified atom stereocenters. The number of urea groups is 1. The largest absolute Gasteiger partial charge is 0.390 e. The summed E-state index contributed by atoms with van der Waals surface area (Å²) in [5.41, 5.74) is 0.843. The SMILES string of the molecule is C=C(NC)[C@H](CCC)NC(=O)NC(C)C. The third-order valence-corrected chi connectivity index (χ3v) is 2.04. The predicted molar refractivity (Wildman–Crippen MR) is 63.7 cm³/mol. The number of nitrogens with one attached hydrogen (secondary N) is 3. The van der Waals surface area contributed by atoms with Crippen LogP contribution in [0.25, 0.3) is 0 Å². The lowest BCUT2D eigenvalue weighted by Gasteiger charge is -2.21. The second kappa shape index (κ2) is 7.15. The first-order valence-electron chi connectivity index (χ1n) is 5.44. The zero-order valence-electron chi connectivity index (χ0n) is 10.2. The van der Waals surface area contributed by atoms with Gasteiger partial charge in [0.25, 0.3) is 0 Å². The Kier molecular flexibility index (Phi) is 6.58. The highest BCUT2D eigenvalue weighted by atomic mass is 16.2. The maximum absolute atomic E-state index is 11.5. The fourth-order valence-corrected chi connectivity index (χ4v) is 1.26. The minimum absolute atomic E-state index is 0.00116. The van der Waals surface area contributed by atoms with Gasteiger partial charge in [-0.2, -0.15) is 0 Å². The molecule has 3 N–H and O–H groups in total. The Morgan fingerprint density at radius 2 is 1.93 bits per heavy atom. The number of rotatable bonds is 6. The van der Waals surface area contributed by atoms with Crippen LogP contribution < -0.4 is 16.0 Å². The summed E-state index contributed by atoms with van der Waals surface area (Å²) in [7, 11) is 1.81. The summed E-state index contributed by atoms with van der Waals surface area (Å²) in [6.07, 6.45) is 1.90. The first-order chi connectivity index (χ1) is 7.01. The van der Waals surface area contributed by atoms with Crippen LogP contribution in [0.3, 0.4) is 0 Å². The quantitative estimate of drug-likeness (QED) is 0.627. The molecule has 0 aliphatic heterocycles. The highest BCUT2D eigenvalue weighted by Gasteiger charge is 2.13. The maximum atomic E-state index is 11.5. The normalized spacial score (nSPS) is 12.1. The highest BCUT2D eigenvalue weighted by Crippen LogP contribution is 2.03. The molecule has 0 aromatic heterocycles. The molecule has 0 heterocycles. The standard InChI is InChI=1S/C11H23N3O/c1-6-7-10(9(4)12-5)14-11(15)13-8(2)3/h8,10,12H,4,6-7H2,1-3,5H3,(H2,13,14,15)/t10-/m0/s1. The number of hydrogen-bond donors (Lipinski definition) is 3. The van der Waals surface area contributed by atoms with Gasteiger partial charge in [-0.15, -0.1) is 0 Å². The van der Waals surface area contributed by atoms with Crippen LogP contribution in [0.5, 0.6) is 0 Å². The lowest BCUT2D eigenvalue weighted by Crippen LogP contribution is -2.46. The van der Waals surface area contributed by atoms with Crippen LogP contribution in [-0.2, 0) is 0 Å². The molecule has 0 aromatic rings. The summed E-state index contributed by atoms with van der Waals surface area (Å²) < 4.78 is 0. The summed E-state index contributed by atoms with van der Waals surface area (Å²) in [5, 5.41) is 8.65. The zero-order chi connectivity index (χ0) is 11.8. The van der Waals surface area contributed by atoms with Gasteiger partial charge in [0.1, 0.15) is 0 Å². The van der Waals surface area contributed by atoms with Crippen LogP contribution in [0.2, 0.25) is 0 Å². The molecular formula is C11H23N3O. The van der Waals surface area contributed by atoms with E-state index in [0.29, 0.717) is 0 Å². The Labute approximate surface area is 92.5 Å². The Balaban J connectivity index is 4.15. The van der Waals surface area contributed by atoms with Gasteiger partial charge in [0, 0.05) is 18.8 Å². The van der Waals surface area contributed by atoms with E-state index in [1.165, 1.54) is 0 Å². The van der Waals surface area contributed by atoms with E-state index in [0.717, 1.165) is 18.5 Å². The van der Waals surface area contributed by atoms with Crippen molar-refractivity contribution < 1.29 is 4.79 Å². The molecule has 0 fully saturated rings.